The average molecular weight is 478 g/mol. The van der Waals surface area contributed by atoms with Crippen molar-refractivity contribution in [2.45, 2.75) is 38.3 Å². The molecule has 3 aromatic carbocycles. The van der Waals surface area contributed by atoms with Gasteiger partial charge >= 0.3 is 0 Å². The second kappa shape index (κ2) is 9.60. The van der Waals surface area contributed by atoms with Crippen molar-refractivity contribution in [3.8, 4) is 0 Å². The third-order valence-electron chi connectivity index (χ3n) is 6.34. The van der Waals surface area contributed by atoms with Gasteiger partial charge in [0.2, 0.25) is 10.0 Å². The SMILES string of the molecule is Cc1ccc(C)c(CNc2cc(C(=O)N3CCc4ccccc4C3)cc(S(=O)(=O)N(C)C)c2)c1. The van der Waals surface area contributed by atoms with Gasteiger partial charge in [0.05, 0.1) is 4.90 Å². The van der Waals surface area contributed by atoms with Gasteiger partial charge in [0.15, 0.2) is 0 Å². The lowest BCUT2D eigenvalue weighted by molar-refractivity contribution is 0.0734. The Kier molecular flexibility index (Phi) is 6.77. The number of sulfonamides is 1. The van der Waals surface area contributed by atoms with E-state index in [0.29, 0.717) is 30.9 Å². The van der Waals surface area contributed by atoms with E-state index in [1.165, 1.54) is 30.0 Å². The molecule has 0 spiro atoms. The molecule has 1 aliphatic rings. The number of rotatable bonds is 6. The van der Waals surface area contributed by atoms with Crippen molar-refractivity contribution >= 4 is 21.6 Å². The topological polar surface area (TPSA) is 69.7 Å². The van der Waals surface area contributed by atoms with Crippen molar-refractivity contribution in [3.05, 3.63) is 94.0 Å². The van der Waals surface area contributed by atoms with E-state index in [2.05, 4.69) is 29.6 Å². The van der Waals surface area contributed by atoms with Crippen LogP contribution in [0, 0.1) is 13.8 Å². The molecule has 1 aliphatic heterocycles. The summed E-state index contributed by atoms with van der Waals surface area (Å²) >= 11 is 0. The van der Waals surface area contributed by atoms with Crippen LogP contribution < -0.4 is 5.32 Å². The van der Waals surface area contributed by atoms with E-state index in [-0.39, 0.29) is 10.8 Å². The van der Waals surface area contributed by atoms with Crippen LogP contribution in [-0.4, -0.2) is 44.2 Å². The van der Waals surface area contributed by atoms with Crippen molar-refractivity contribution in [2.75, 3.05) is 26.0 Å². The van der Waals surface area contributed by atoms with Gasteiger partial charge in [-0.25, -0.2) is 12.7 Å². The van der Waals surface area contributed by atoms with Crippen LogP contribution in [0.2, 0.25) is 0 Å². The summed E-state index contributed by atoms with van der Waals surface area (Å²) in [6, 6.07) is 19.2. The standard InChI is InChI=1S/C27H31N3O3S/c1-19-9-10-20(2)24(13-19)17-28-25-14-23(15-26(16-25)34(32,33)29(3)4)27(31)30-12-11-21-7-5-6-8-22(21)18-30/h5-10,13-16,28H,11-12,17-18H2,1-4H3. The van der Waals surface area contributed by atoms with E-state index >= 15 is 0 Å². The van der Waals surface area contributed by atoms with Gasteiger partial charge in [0.1, 0.15) is 0 Å². The van der Waals surface area contributed by atoms with E-state index in [0.717, 1.165) is 28.7 Å². The predicted octanol–water partition coefficient (Wildman–Crippen LogP) is 4.36. The summed E-state index contributed by atoms with van der Waals surface area (Å²) in [6.45, 7) is 5.74. The minimum absolute atomic E-state index is 0.101. The molecule has 3 aromatic rings. The quantitative estimate of drug-likeness (QED) is 0.573. The van der Waals surface area contributed by atoms with Crippen LogP contribution in [0.3, 0.4) is 0 Å². The highest BCUT2D eigenvalue weighted by Gasteiger charge is 2.25. The maximum absolute atomic E-state index is 13.5. The van der Waals surface area contributed by atoms with Gasteiger partial charge in [-0.3, -0.25) is 4.79 Å². The first-order valence-electron chi connectivity index (χ1n) is 11.4. The Bertz CT molecular complexity index is 1330. The molecule has 0 aromatic heterocycles. The first kappa shape index (κ1) is 24.0. The molecule has 1 N–H and O–H groups in total. The molecule has 0 atom stereocenters. The zero-order valence-electron chi connectivity index (χ0n) is 20.1. The molecule has 1 amide bonds. The highest BCUT2D eigenvalue weighted by molar-refractivity contribution is 7.89. The number of fused-ring (bicyclic) bond motifs is 1. The monoisotopic (exact) mass is 477 g/mol. The highest BCUT2D eigenvalue weighted by atomic mass is 32.2. The normalized spacial score (nSPS) is 13.6. The zero-order valence-corrected chi connectivity index (χ0v) is 20.9. The summed E-state index contributed by atoms with van der Waals surface area (Å²) < 4.78 is 27.1. The van der Waals surface area contributed by atoms with E-state index in [1.807, 2.05) is 32.0 Å². The molecule has 1 heterocycles. The predicted molar refractivity (Wildman–Crippen MR) is 135 cm³/mol. The molecule has 6 nitrogen and oxygen atoms in total. The fourth-order valence-corrected chi connectivity index (χ4v) is 5.20. The molecular formula is C27H31N3O3S. The fraction of sp³-hybridized carbons (Fsp3) is 0.296. The maximum Gasteiger partial charge on any atom is 0.254 e. The Hall–Kier alpha value is -3.16. The minimum atomic E-state index is -3.71. The van der Waals surface area contributed by atoms with Gasteiger partial charge in [-0.2, -0.15) is 0 Å². The van der Waals surface area contributed by atoms with Crippen molar-refractivity contribution < 1.29 is 13.2 Å². The third-order valence-corrected chi connectivity index (χ3v) is 8.13. The smallest absolute Gasteiger partial charge is 0.254 e. The molecule has 178 valence electrons. The first-order valence-corrected chi connectivity index (χ1v) is 12.8. The van der Waals surface area contributed by atoms with Crippen LogP contribution in [0.5, 0.6) is 0 Å². The largest absolute Gasteiger partial charge is 0.381 e. The second-order valence-electron chi connectivity index (χ2n) is 9.06. The van der Waals surface area contributed by atoms with Crippen molar-refractivity contribution in [1.29, 1.82) is 0 Å². The van der Waals surface area contributed by atoms with Gasteiger partial charge in [0.25, 0.3) is 5.91 Å². The molecule has 4 rings (SSSR count). The Morgan fingerprint density at radius 1 is 1.00 bits per heavy atom. The Morgan fingerprint density at radius 2 is 1.74 bits per heavy atom. The summed E-state index contributed by atoms with van der Waals surface area (Å²) in [4.78, 5) is 15.4. The molecule has 0 aliphatic carbocycles. The molecule has 7 heteroatoms. The van der Waals surface area contributed by atoms with E-state index in [1.54, 1.807) is 17.0 Å². The molecule has 0 fully saturated rings. The summed E-state index contributed by atoms with van der Waals surface area (Å²) in [6.07, 6.45) is 0.787. The molecule has 0 unspecified atom stereocenters. The number of aryl methyl sites for hydroxylation is 2. The van der Waals surface area contributed by atoms with Gasteiger partial charge in [0, 0.05) is 45.0 Å². The second-order valence-corrected chi connectivity index (χ2v) is 11.2. The van der Waals surface area contributed by atoms with Crippen LogP contribution in [0.1, 0.15) is 38.2 Å². The number of nitrogens with one attached hydrogen (secondary N) is 1. The number of carbonyl (C=O) groups excluding carboxylic acids is 1. The van der Waals surface area contributed by atoms with Crippen LogP contribution in [0.4, 0.5) is 5.69 Å². The molecular weight excluding hydrogens is 446 g/mol. The van der Waals surface area contributed by atoms with Crippen molar-refractivity contribution in [1.82, 2.24) is 9.21 Å². The van der Waals surface area contributed by atoms with E-state index in [9.17, 15) is 13.2 Å². The number of anilines is 1. The summed E-state index contributed by atoms with van der Waals surface area (Å²) in [5.41, 5.74) is 6.79. The van der Waals surface area contributed by atoms with Crippen LogP contribution >= 0.6 is 0 Å². The summed E-state index contributed by atoms with van der Waals surface area (Å²) in [5, 5.41) is 3.34. The third kappa shape index (κ3) is 5.00. The number of hydrogen-bond donors (Lipinski definition) is 1. The maximum atomic E-state index is 13.5. The molecule has 0 bridgehead atoms. The van der Waals surface area contributed by atoms with E-state index in [4.69, 9.17) is 0 Å². The molecule has 0 radical (unpaired) electrons. The number of benzene rings is 3. The highest BCUT2D eigenvalue weighted by Crippen LogP contribution is 2.26. The van der Waals surface area contributed by atoms with Crippen LogP contribution in [-0.2, 0) is 29.5 Å². The zero-order chi connectivity index (χ0) is 24.5. The van der Waals surface area contributed by atoms with Gasteiger partial charge in [-0.05, 0) is 60.7 Å². The van der Waals surface area contributed by atoms with Crippen LogP contribution in [0.15, 0.2) is 65.6 Å². The Labute approximate surface area is 202 Å². The molecule has 0 saturated heterocycles. The molecule has 0 saturated carbocycles. The number of amides is 1. The van der Waals surface area contributed by atoms with Gasteiger partial charge < -0.3 is 10.2 Å². The Morgan fingerprint density at radius 3 is 2.47 bits per heavy atom. The summed E-state index contributed by atoms with van der Waals surface area (Å²) in [7, 11) is -0.721. The molecule has 34 heavy (non-hydrogen) atoms. The number of nitrogens with zero attached hydrogens (tertiary/aromatic N) is 2. The van der Waals surface area contributed by atoms with Gasteiger partial charge in [-0.15, -0.1) is 0 Å². The minimum Gasteiger partial charge on any atom is -0.381 e. The Balaban J connectivity index is 1.66. The van der Waals surface area contributed by atoms with Crippen molar-refractivity contribution in [3.63, 3.8) is 0 Å². The first-order chi connectivity index (χ1) is 16.1. The van der Waals surface area contributed by atoms with Crippen molar-refractivity contribution in [2.24, 2.45) is 0 Å². The van der Waals surface area contributed by atoms with E-state index < -0.39 is 10.0 Å². The lowest BCUT2D eigenvalue weighted by atomic mass is 9.99. The lowest BCUT2D eigenvalue weighted by Crippen LogP contribution is -2.36. The van der Waals surface area contributed by atoms with Gasteiger partial charge in [-0.1, -0.05) is 48.0 Å². The average Bonchev–Trinajstić information content (AvgIpc) is 2.83. The number of hydrogen-bond acceptors (Lipinski definition) is 4. The van der Waals surface area contributed by atoms with Crippen LogP contribution in [0.25, 0.3) is 0 Å². The summed E-state index contributed by atoms with van der Waals surface area (Å²) in [5.74, 6) is -0.167. The fourth-order valence-electron chi connectivity index (χ4n) is 4.22. The number of carbonyl (C=O) groups is 1. The lowest BCUT2D eigenvalue weighted by Gasteiger charge is -2.29.